The summed E-state index contributed by atoms with van der Waals surface area (Å²) in [6, 6.07) is 69.8. The van der Waals surface area contributed by atoms with E-state index < -0.39 is 174 Å². The number of aliphatic hydroxyl groups excluding tert-OH is 1. The number of carbonyl (C=O) groups excluding carboxylic acids is 9. The molecular weight excluding hydrogens is 1460 g/mol. The second-order valence-corrected chi connectivity index (χ2v) is 32.9. The topological polar surface area (TPSA) is 312 Å². The van der Waals surface area contributed by atoms with Gasteiger partial charge < -0.3 is 76.2 Å². The van der Waals surface area contributed by atoms with Gasteiger partial charge in [0.05, 0.1) is 63.3 Å². The van der Waals surface area contributed by atoms with E-state index in [0.717, 1.165) is 0 Å². The Morgan fingerprint density at radius 3 is 0.804 bits per heavy atom. The van der Waals surface area contributed by atoms with E-state index in [1.165, 1.54) is 109 Å². The van der Waals surface area contributed by atoms with E-state index in [0.29, 0.717) is 6.04 Å². The van der Waals surface area contributed by atoms with E-state index in [1.807, 2.05) is 0 Å². The summed E-state index contributed by atoms with van der Waals surface area (Å²) in [7, 11) is -1.95. The lowest BCUT2D eigenvalue weighted by molar-refractivity contribution is -0.361. The first-order chi connectivity index (χ1) is 54.4. The number of benzene rings is 9. The molecule has 0 aromatic heterocycles. The highest BCUT2D eigenvalue weighted by Gasteiger charge is 2.60. The van der Waals surface area contributed by atoms with Crippen LogP contribution in [0.25, 0.3) is 0 Å². The lowest BCUT2D eigenvalue weighted by Gasteiger charge is -2.49. The summed E-state index contributed by atoms with van der Waals surface area (Å²) in [6.07, 6.45) is -28.7. The first-order valence-corrected chi connectivity index (χ1v) is 39.8. The Bertz CT molecular complexity index is 4610. The minimum atomic E-state index is -2.19. The number of rotatable bonds is 29. The van der Waals surface area contributed by atoms with Crippen LogP contribution in [0.1, 0.15) is 93.2 Å². The van der Waals surface area contributed by atoms with E-state index in [-0.39, 0.29) is 56.7 Å². The van der Waals surface area contributed by atoms with E-state index >= 15 is 9.59 Å². The Morgan fingerprint density at radius 2 is 0.509 bits per heavy atom. The van der Waals surface area contributed by atoms with Crippen molar-refractivity contribution in [2.45, 2.75) is 118 Å². The second kappa shape index (κ2) is 38.2. The summed E-state index contributed by atoms with van der Waals surface area (Å²) >= 11 is 0. The lowest BCUT2D eigenvalue weighted by atomic mass is 9.95. The van der Waals surface area contributed by atoms with Crippen molar-refractivity contribution in [1.82, 2.24) is 0 Å². The predicted molar refractivity (Wildman–Crippen MR) is 400 cm³/mol. The van der Waals surface area contributed by atoms with Gasteiger partial charge in [0.2, 0.25) is 0 Å². The van der Waals surface area contributed by atoms with Gasteiger partial charge in [0.1, 0.15) is 31.0 Å². The molecule has 0 spiro atoms. The Labute approximate surface area is 645 Å². The van der Waals surface area contributed by atoms with Crippen molar-refractivity contribution in [1.29, 1.82) is 0 Å². The first-order valence-electron chi connectivity index (χ1n) is 36.1. The van der Waals surface area contributed by atoms with Gasteiger partial charge in [-0.05, 0) is 115 Å². The third kappa shape index (κ3) is 20.8. The van der Waals surface area contributed by atoms with E-state index in [9.17, 15) is 38.7 Å². The third-order valence-corrected chi connectivity index (χ3v) is 19.9. The minimum absolute atomic E-state index is 0.00261. The zero-order valence-corrected chi connectivity index (χ0v) is 61.9. The summed E-state index contributed by atoms with van der Waals surface area (Å²) in [6.45, 7) is 3.55. The average Bonchev–Trinajstić information content (AvgIpc) is 0.762. The molecule has 0 radical (unpaired) electrons. The van der Waals surface area contributed by atoms with Crippen molar-refractivity contribution in [3.63, 3.8) is 0 Å². The van der Waals surface area contributed by atoms with Crippen LogP contribution >= 0.6 is 0 Å². The number of carbonyl (C=O) groups is 9. The quantitative estimate of drug-likeness (QED) is 0.0259. The van der Waals surface area contributed by atoms with Gasteiger partial charge in [-0.3, -0.25) is 0 Å². The largest absolute Gasteiger partial charge is 0.459 e. The first kappa shape index (κ1) is 79.7. The van der Waals surface area contributed by atoms with Gasteiger partial charge in [-0.25, -0.2) is 43.2 Å². The molecule has 0 bridgehead atoms. The molecule has 3 fully saturated rings. The number of esters is 9. The van der Waals surface area contributed by atoms with Gasteiger partial charge in [-0.2, -0.15) is 0 Å². The fraction of sp³-hybridized carbons (Fsp3) is 0.267. The van der Waals surface area contributed by atoms with Crippen LogP contribution in [-0.4, -0.2) is 185 Å². The van der Waals surface area contributed by atoms with Gasteiger partial charge in [-0.15, -0.1) is 0 Å². The maximum Gasteiger partial charge on any atom is 0.338 e. The van der Waals surface area contributed by atoms with Crippen LogP contribution in [0.5, 0.6) is 0 Å². The molecule has 112 heavy (non-hydrogen) atoms. The van der Waals surface area contributed by atoms with Gasteiger partial charge in [-0.1, -0.05) is 183 Å². The van der Waals surface area contributed by atoms with Crippen LogP contribution in [0.15, 0.2) is 273 Å². The zero-order valence-electron chi connectivity index (χ0n) is 60.9. The molecule has 578 valence electrons. The highest BCUT2D eigenvalue weighted by molar-refractivity contribution is 6.76. The van der Waals surface area contributed by atoms with Gasteiger partial charge >= 0.3 is 53.7 Å². The highest BCUT2D eigenvalue weighted by Crippen LogP contribution is 2.39. The molecule has 0 unspecified atom stereocenters. The smallest absolute Gasteiger partial charge is 0.338 e. The summed E-state index contributed by atoms with van der Waals surface area (Å²) in [4.78, 5) is 132. The molecule has 0 saturated carbocycles. The number of aliphatic hydroxyl groups is 1. The summed E-state index contributed by atoms with van der Waals surface area (Å²) in [5, 5.41) is 12.0. The molecular formula is C86H80O25Si. The average molecular weight is 1540 g/mol. The fourth-order valence-corrected chi connectivity index (χ4v) is 13.2. The molecule has 15 atom stereocenters. The van der Waals surface area contributed by atoms with Crippen LogP contribution in [0.2, 0.25) is 25.7 Å². The Kier molecular flexibility index (Phi) is 27.2. The lowest BCUT2D eigenvalue weighted by Crippen LogP contribution is -2.67. The standard InChI is InChI=1S/C86H80O25Si/c1-112(2,3)50-49-97-84-72(108-81(94)60-43-25-10-26-44-60)70(106-79(92)58-39-21-8-22-40-58)68(104-77(90)56-35-17-6-18-36-56)65(101-84)53-99-85-73(109-82(95)61-45-27-11-28-46-61)69(105-78(91)57-37-19-7-20-38-57)66(63(51-87)100-85)111-86-74(110-83(96)62-47-29-12-30-48-62)71(107-80(93)59-41-23-9-24-42-59)67(103-76(89)55-33-15-5-16-34-55)64(102-86)52-98-75(88)54-31-13-4-14-32-54/h4-48,63-74,84-87H,49-53H2,1-3H3/t63-,64-,65-,66+,67-,68+,69+,70+,71+,72-,73-,74+,84-,85-,86-/m1/s1. The monoisotopic (exact) mass is 1540 g/mol. The van der Waals surface area contributed by atoms with Crippen molar-refractivity contribution in [3.8, 4) is 0 Å². The minimum Gasteiger partial charge on any atom is -0.459 e. The van der Waals surface area contributed by atoms with E-state index in [4.69, 9.17) is 71.1 Å². The van der Waals surface area contributed by atoms with Crippen LogP contribution in [0, 0.1) is 0 Å². The molecule has 0 amide bonds. The second-order valence-electron chi connectivity index (χ2n) is 27.3. The summed E-state index contributed by atoms with van der Waals surface area (Å²) in [5.41, 5.74) is -0.0171. The molecule has 9 aromatic rings. The van der Waals surface area contributed by atoms with Crippen LogP contribution in [0.4, 0.5) is 0 Å². The molecule has 25 nitrogen and oxygen atoms in total. The Hall–Kier alpha value is -11.9. The van der Waals surface area contributed by atoms with Crippen molar-refractivity contribution < 1.29 is 119 Å². The number of hydrogen-bond acceptors (Lipinski definition) is 25. The van der Waals surface area contributed by atoms with Crippen molar-refractivity contribution in [2.24, 2.45) is 0 Å². The molecule has 26 heteroatoms. The molecule has 3 aliphatic rings. The molecule has 3 heterocycles. The summed E-state index contributed by atoms with van der Waals surface area (Å²) < 4.78 is 97.9. The molecule has 12 rings (SSSR count). The van der Waals surface area contributed by atoms with Gasteiger partial charge in [0.15, 0.2) is 67.7 Å². The van der Waals surface area contributed by atoms with Crippen molar-refractivity contribution >= 4 is 61.8 Å². The number of ether oxygens (including phenoxy) is 15. The van der Waals surface area contributed by atoms with Crippen LogP contribution < -0.4 is 0 Å². The fourth-order valence-electron chi connectivity index (χ4n) is 12.4. The summed E-state index contributed by atoms with van der Waals surface area (Å²) in [5.74, 6) is -9.07. The highest BCUT2D eigenvalue weighted by atomic mass is 28.3. The van der Waals surface area contributed by atoms with E-state index in [2.05, 4.69) is 19.6 Å². The SMILES string of the molecule is C[Si](C)(C)CCO[C@@H]1O[C@H](CO[C@@H]2O[C@H](CO)[C@H](O[C@H]3O[C@H](COC(=O)c4ccccc4)[C@@H](OC(=O)c4ccccc4)[C@H](OC(=O)c4ccccc4)[C@@H]3OC(=O)c3ccccc3)[C@H](OC(=O)c3ccccc3)[C@H]2OC(=O)c2ccccc2)[C@H](OC(=O)c2ccccc2)[C@H](OC(=O)c2ccccc2)[C@H]1OC(=O)c1ccccc1. The molecule has 0 aliphatic carbocycles. The van der Waals surface area contributed by atoms with Crippen molar-refractivity contribution in [3.05, 3.63) is 323 Å². The molecule has 1 N–H and O–H groups in total. The molecule has 3 saturated heterocycles. The number of hydrogen-bond donors (Lipinski definition) is 1. The Morgan fingerprint density at radius 1 is 0.277 bits per heavy atom. The normalized spacial score (nSPS) is 23.4. The Balaban J connectivity index is 0.986. The predicted octanol–water partition coefficient (Wildman–Crippen LogP) is 11.6. The van der Waals surface area contributed by atoms with Crippen molar-refractivity contribution in [2.75, 3.05) is 26.4 Å². The third-order valence-electron chi connectivity index (χ3n) is 18.2. The molecule has 9 aromatic carbocycles. The zero-order chi connectivity index (χ0) is 78.5. The maximum atomic E-state index is 15.1. The maximum absolute atomic E-state index is 15.1. The van der Waals surface area contributed by atoms with Gasteiger partial charge in [0, 0.05) is 14.7 Å². The van der Waals surface area contributed by atoms with Crippen LogP contribution in [0.3, 0.4) is 0 Å². The van der Waals surface area contributed by atoms with Gasteiger partial charge in [0.25, 0.3) is 0 Å². The van der Waals surface area contributed by atoms with E-state index in [1.54, 1.807) is 164 Å². The van der Waals surface area contributed by atoms with Crippen LogP contribution in [-0.2, 0) is 71.1 Å². The molecule has 3 aliphatic heterocycles.